The van der Waals surface area contributed by atoms with E-state index in [4.69, 9.17) is 0 Å². The van der Waals surface area contributed by atoms with Crippen LogP contribution in [0.2, 0.25) is 0 Å². The largest absolute Gasteiger partial charge is 0.393 e. The van der Waals surface area contributed by atoms with Crippen LogP contribution in [0.5, 0.6) is 0 Å². The minimum Gasteiger partial charge on any atom is -0.393 e. The zero-order valence-electron chi connectivity index (χ0n) is 23.3. The number of hydrogen-bond acceptors (Lipinski definition) is 5. The number of aliphatic hydroxyl groups is 4. The van der Waals surface area contributed by atoms with Gasteiger partial charge in [0.25, 0.3) is 0 Å². The summed E-state index contributed by atoms with van der Waals surface area (Å²) in [6.07, 6.45) is 5.41. The molecule has 0 radical (unpaired) electrons. The molecular formula is C30H50O5. The molecule has 10 atom stereocenters. The van der Waals surface area contributed by atoms with Crippen LogP contribution in [0, 0.1) is 45.3 Å². The van der Waals surface area contributed by atoms with Gasteiger partial charge in [0.1, 0.15) is 5.78 Å². The van der Waals surface area contributed by atoms with E-state index >= 15 is 0 Å². The number of aliphatic hydroxyl groups excluding tert-OH is 3. The molecule has 5 nitrogen and oxygen atoms in total. The van der Waals surface area contributed by atoms with Crippen molar-refractivity contribution >= 4 is 5.78 Å². The molecule has 35 heavy (non-hydrogen) atoms. The number of rotatable bonds is 5. The molecule has 200 valence electrons. The molecule has 4 aliphatic rings. The Balaban J connectivity index is 1.68. The topological polar surface area (TPSA) is 98.0 Å². The lowest BCUT2D eigenvalue weighted by atomic mass is 9.38. The van der Waals surface area contributed by atoms with Crippen molar-refractivity contribution in [3.63, 3.8) is 0 Å². The van der Waals surface area contributed by atoms with Gasteiger partial charge in [0.05, 0.1) is 23.9 Å². The summed E-state index contributed by atoms with van der Waals surface area (Å²) in [7, 11) is 0. The Labute approximate surface area is 212 Å². The number of ketones is 1. The van der Waals surface area contributed by atoms with Gasteiger partial charge in [-0.1, -0.05) is 53.2 Å². The van der Waals surface area contributed by atoms with Crippen LogP contribution in [0.4, 0.5) is 0 Å². The van der Waals surface area contributed by atoms with Crippen molar-refractivity contribution in [3.05, 3.63) is 11.6 Å². The minimum absolute atomic E-state index is 0.0231. The summed E-state index contributed by atoms with van der Waals surface area (Å²) >= 11 is 0. The Kier molecular flexibility index (Phi) is 6.53. The molecule has 0 saturated heterocycles. The molecule has 0 heterocycles. The number of carbonyl (C=O) groups is 1. The highest BCUT2D eigenvalue weighted by Crippen LogP contribution is 2.74. The highest BCUT2D eigenvalue weighted by Gasteiger charge is 2.72. The number of Topliss-reactive ketones (excluding diaryl/α,β-unsaturated/α-hetero) is 1. The van der Waals surface area contributed by atoms with Gasteiger partial charge in [-0.25, -0.2) is 0 Å². The van der Waals surface area contributed by atoms with E-state index in [0.29, 0.717) is 31.5 Å². The smallest absolute Gasteiger partial charge is 0.140 e. The lowest BCUT2D eigenvalue weighted by molar-refractivity contribution is -0.172. The Morgan fingerprint density at radius 1 is 1.06 bits per heavy atom. The summed E-state index contributed by atoms with van der Waals surface area (Å²) in [5.41, 5.74) is -1.16. The number of allylic oxidation sites excluding steroid dienone is 1. The normalized spacial score (nSPS) is 46.8. The van der Waals surface area contributed by atoms with Gasteiger partial charge in [0, 0.05) is 17.3 Å². The second-order valence-electron chi connectivity index (χ2n) is 14.6. The first kappa shape index (κ1) is 27.3. The third-order valence-electron chi connectivity index (χ3n) is 12.0. The van der Waals surface area contributed by atoms with Gasteiger partial charge in [0.2, 0.25) is 0 Å². The molecule has 0 aromatic carbocycles. The maximum atomic E-state index is 14.2. The van der Waals surface area contributed by atoms with Crippen LogP contribution in [-0.2, 0) is 4.79 Å². The predicted octanol–water partition coefficient (Wildman–Crippen LogP) is 4.65. The van der Waals surface area contributed by atoms with E-state index in [9.17, 15) is 25.2 Å². The quantitative estimate of drug-likeness (QED) is 0.421. The lowest BCUT2D eigenvalue weighted by Gasteiger charge is -2.64. The molecule has 4 rings (SSSR count). The fourth-order valence-electron chi connectivity index (χ4n) is 9.50. The summed E-state index contributed by atoms with van der Waals surface area (Å²) in [6.45, 7) is 16.4. The minimum atomic E-state index is -1.15. The second-order valence-corrected chi connectivity index (χ2v) is 14.6. The third-order valence-corrected chi connectivity index (χ3v) is 12.0. The monoisotopic (exact) mass is 490 g/mol. The maximum Gasteiger partial charge on any atom is 0.140 e. The Morgan fingerprint density at radius 2 is 1.69 bits per heavy atom. The highest BCUT2D eigenvalue weighted by molar-refractivity contribution is 5.88. The zero-order valence-corrected chi connectivity index (χ0v) is 23.3. The van der Waals surface area contributed by atoms with E-state index in [0.717, 1.165) is 19.3 Å². The van der Waals surface area contributed by atoms with Crippen LogP contribution >= 0.6 is 0 Å². The molecule has 0 aromatic rings. The summed E-state index contributed by atoms with van der Waals surface area (Å²) < 4.78 is 0. The fourth-order valence-corrected chi connectivity index (χ4v) is 9.50. The summed E-state index contributed by atoms with van der Waals surface area (Å²) in [6, 6.07) is 0. The number of carbonyl (C=O) groups excluding carboxylic acids is 1. The molecule has 3 fully saturated rings. The van der Waals surface area contributed by atoms with Crippen molar-refractivity contribution in [1.82, 2.24) is 0 Å². The van der Waals surface area contributed by atoms with Crippen LogP contribution < -0.4 is 0 Å². The van der Waals surface area contributed by atoms with Crippen molar-refractivity contribution in [1.29, 1.82) is 0 Å². The first-order valence-electron chi connectivity index (χ1n) is 13.9. The van der Waals surface area contributed by atoms with Gasteiger partial charge in [-0.05, 0) is 86.9 Å². The van der Waals surface area contributed by atoms with Crippen molar-refractivity contribution in [3.8, 4) is 0 Å². The average molecular weight is 491 g/mol. The number of hydrogen-bond donors (Lipinski definition) is 4. The van der Waals surface area contributed by atoms with Gasteiger partial charge in [0.15, 0.2) is 0 Å². The maximum absolute atomic E-state index is 14.2. The number of fused-ring (bicyclic) bond motifs is 5. The van der Waals surface area contributed by atoms with Gasteiger partial charge in [-0.3, -0.25) is 4.79 Å². The molecule has 4 aliphatic carbocycles. The molecule has 0 aliphatic heterocycles. The molecule has 4 N–H and O–H groups in total. The van der Waals surface area contributed by atoms with E-state index in [2.05, 4.69) is 47.6 Å². The van der Waals surface area contributed by atoms with E-state index in [1.807, 2.05) is 0 Å². The van der Waals surface area contributed by atoms with Crippen molar-refractivity contribution < 1.29 is 25.2 Å². The molecular weight excluding hydrogens is 440 g/mol. The van der Waals surface area contributed by atoms with Gasteiger partial charge >= 0.3 is 0 Å². The first-order chi connectivity index (χ1) is 15.9. The standard InChI is InChI=1S/C30H50O5/c1-17(9-13-23(33)27(4,5)35)25-20(31)15-28(6)21-12-10-18-19(11-14-22(32)26(18,2)3)30(21,8)24(34)16-29(25,28)7/h10,17,19-23,25,31-33,35H,9,11-16H2,1-8H3. The fraction of sp³-hybridized carbons (Fsp3) is 0.900. The zero-order chi connectivity index (χ0) is 26.4. The van der Waals surface area contributed by atoms with Crippen LogP contribution in [0.3, 0.4) is 0 Å². The molecule has 0 aromatic heterocycles. The molecule has 0 spiro atoms. The SMILES string of the molecule is CC(CCC(O)C(C)(C)O)C1C(O)CC2(C)C3CC=C4C(CCC(O)C4(C)C)C3(C)C(=O)CC12C. The summed E-state index contributed by atoms with van der Waals surface area (Å²) in [5.74, 6) is 0.751. The third kappa shape index (κ3) is 3.73. The predicted molar refractivity (Wildman–Crippen MR) is 137 cm³/mol. The molecule has 10 unspecified atom stereocenters. The van der Waals surface area contributed by atoms with Gasteiger partial charge < -0.3 is 20.4 Å². The molecule has 3 saturated carbocycles. The summed E-state index contributed by atoms with van der Waals surface area (Å²) in [5, 5.41) is 42.8. The van der Waals surface area contributed by atoms with Crippen molar-refractivity contribution in [2.45, 2.75) is 124 Å². The Morgan fingerprint density at radius 3 is 2.29 bits per heavy atom. The van der Waals surface area contributed by atoms with Crippen LogP contribution in [-0.4, -0.2) is 50.1 Å². The molecule has 5 heteroatoms. The van der Waals surface area contributed by atoms with E-state index in [1.165, 1.54) is 5.57 Å². The van der Waals surface area contributed by atoms with Gasteiger partial charge in [-0.2, -0.15) is 0 Å². The second kappa shape index (κ2) is 8.38. The first-order valence-corrected chi connectivity index (χ1v) is 13.9. The van der Waals surface area contributed by atoms with E-state index < -0.39 is 23.2 Å². The van der Waals surface area contributed by atoms with E-state index in [1.54, 1.807) is 13.8 Å². The highest BCUT2D eigenvalue weighted by atomic mass is 16.3. The van der Waals surface area contributed by atoms with Gasteiger partial charge in [-0.15, -0.1) is 0 Å². The average Bonchev–Trinajstić information content (AvgIpc) is 2.93. The van der Waals surface area contributed by atoms with Crippen LogP contribution in [0.15, 0.2) is 11.6 Å². The van der Waals surface area contributed by atoms with Crippen molar-refractivity contribution in [2.24, 2.45) is 45.3 Å². The Bertz CT molecular complexity index is 886. The molecule has 0 bridgehead atoms. The van der Waals surface area contributed by atoms with Crippen LogP contribution in [0.25, 0.3) is 0 Å². The summed E-state index contributed by atoms with van der Waals surface area (Å²) in [4.78, 5) is 14.2. The van der Waals surface area contributed by atoms with E-state index in [-0.39, 0.29) is 46.0 Å². The Hall–Kier alpha value is -0.750. The molecule has 0 amide bonds. The van der Waals surface area contributed by atoms with Crippen LogP contribution in [0.1, 0.15) is 100 Å². The van der Waals surface area contributed by atoms with Crippen molar-refractivity contribution in [2.75, 3.05) is 0 Å². The lowest BCUT2D eigenvalue weighted by Crippen LogP contribution is -2.63.